The lowest BCUT2D eigenvalue weighted by molar-refractivity contribution is -0.137. The average molecular weight is 497 g/mol. The lowest BCUT2D eigenvalue weighted by atomic mass is 10.0. The van der Waals surface area contributed by atoms with E-state index in [2.05, 4.69) is 4.98 Å². The molecule has 1 atom stereocenters. The molecule has 2 aromatic carbocycles. The van der Waals surface area contributed by atoms with Crippen molar-refractivity contribution in [3.8, 4) is 0 Å². The molecule has 0 radical (unpaired) electrons. The van der Waals surface area contributed by atoms with Crippen molar-refractivity contribution < 1.29 is 26.4 Å². The minimum Gasteiger partial charge on any atom is -0.297 e. The molecule has 0 N–H and O–H groups in total. The number of aryl methyl sites for hydroxylation is 1. The van der Waals surface area contributed by atoms with Crippen molar-refractivity contribution >= 4 is 33.1 Å². The fraction of sp³-hybridized carbons (Fsp3) is 0.217. The summed E-state index contributed by atoms with van der Waals surface area (Å²) in [6.45, 7) is 1.34. The third-order valence-electron chi connectivity index (χ3n) is 5.04. The van der Waals surface area contributed by atoms with Gasteiger partial charge < -0.3 is 0 Å². The van der Waals surface area contributed by atoms with Crippen LogP contribution in [0.15, 0.2) is 78.0 Å². The second-order valence-electron chi connectivity index (χ2n) is 7.28. The van der Waals surface area contributed by atoms with Gasteiger partial charge in [-0.2, -0.15) is 13.2 Å². The molecule has 10 heteroatoms. The molecule has 0 bridgehead atoms. The largest absolute Gasteiger partial charge is 0.416 e. The summed E-state index contributed by atoms with van der Waals surface area (Å²) in [5, 5.41) is -0.226. The van der Waals surface area contributed by atoms with E-state index in [1.165, 1.54) is 31.2 Å². The number of ketones is 1. The van der Waals surface area contributed by atoms with Crippen LogP contribution in [-0.2, 0) is 27.4 Å². The Bertz CT molecular complexity index is 1220. The summed E-state index contributed by atoms with van der Waals surface area (Å²) in [5.74, 6) is -0.472. The predicted octanol–water partition coefficient (Wildman–Crippen LogP) is 5.54. The van der Waals surface area contributed by atoms with Crippen molar-refractivity contribution in [1.29, 1.82) is 0 Å². The number of pyridine rings is 1. The Morgan fingerprint density at radius 3 is 2.30 bits per heavy atom. The molecule has 1 aromatic heterocycles. The highest BCUT2D eigenvalue weighted by Gasteiger charge is 2.37. The fourth-order valence-electron chi connectivity index (χ4n) is 3.27. The number of carbonyl (C=O) groups is 1. The highest BCUT2D eigenvalue weighted by atomic mass is 35.5. The number of aromatic nitrogens is 1. The molecule has 0 aliphatic rings. The summed E-state index contributed by atoms with van der Waals surface area (Å²) < 4.78 is 67.8. The van der Waals surface area contributed by atoms with Gasteiger partial charge in [-0.3, -0.25) is 14.1 Å². The fourth-order valence-corrected chi connectivity index (χ4v) is 5.20. The molecule has 0 aliphatic carbocycles. The van der Waals surface area contributed by atoms with Gasteiger partial charge in [0.15, 0.2) is 5.78 Å². The Hall–Kier alpha value is -2.91. The number of benzene rings is 2. The molecule has 5 nitrogen and oxygen atoms in total. The van der Waals surface area contributed by atoms with Crippen molar-refractivity contribution in [2.24, 2.45) is 0 Å². The number of anilines is 1. The topological polar surface area (TPSA) is 67.3 Å². The molecule has 33 heavy (non-hydrogen) atoms. The Balaban J connectivity index is 2.05. The molecule has 0 fully saturated rings. The number of carbonyl (C=O) groups excluding carboxylic acids is 1. The number of alkyl halides is 3. The molecule has 174 valence electrons. The van der Waals surface area contributed by atoms with E-state index in [9.17, 15) is 26.4 Å². The van der Waals surface area contributed by atoms with Crippen LogP contribution in [0, 0.1) is 0 Å². The van der Waals surface area contributed by atoms with Crippen molar-refractivity contribution in [3.63, 3.8) is 0 Å². The van der Waals surface area contributed by atoms with Crippen LogP contribution < -0.4 is 4.31 Å². The van der Waals surface area contributed by atoms with Crippen molar-refractivity contribution in [1.82, 2.24) is 4.98 Å². The van der Waals surface area contributed by atoms with Crippen molar-refractivity contribution in [3.05, 3.63) is 89.2 Å². The molecule has 3 rings (SSSR count). The van der Waals surface area contributed by atoms with Gasteiger partial charge in [-0.05, 0) is 61.4 Å². The zero-order valence-corrected chi connectivity index (χ0v) is 19.0. The first-order valence-electron chi connectivity index (χ1n) is 9.89. The van der Waals surface area contributed by atoms with Crippen LogP contribution in [0.25, 0.3) is 0 Å². The van der Waals surface area contributed by atoms with Gasteiger partial charge in [0.25, 0.3) is 10.0 Å². The molecule has 0 aliphatic heterocycles. The minimum atomic E-state index is -4.73. The second kappa shape index (κ2) is 9.93. The lowest BCUT2D eigenvalue weighted by Gasteiger charge is -2.31. The van der Waals surface area contributed by atoms with Gasteiger partial charge in [-0.1, -0.05) is 29.8 Å². The molecule has 1 unspecified atom stereocenters. The van der Waals surface area contributed by atoms with Crippen LogP contribution in [0.4, 0.5) is 18.9 Å². The molecule has 0 saturated carbocycles. The predicted molar refractivity (Wildman–Crippen MR) is 120 cm³/mol. The van der Waals surface area contributed by atoms with Gasteiger partial charge >= 0.3 is 6.18 Å². The zero-order valence-electron chi connectivity index (χ0n) is 17.5. The van der Waals surface area contributed by atoms with Crippen molar-refractivity contribution in [2.75, 3.05) is 4.31 Å². The normalized spacial score (nSPS) is 12.9. The van der Waals surface area contributed by atoms with Crippen LogP contribution in [-0.4, -0.2) is 25.2 Å². The summed E-state index contributed by atoms with van der Waals surface area (Å²) >= 11 is 6.16. The maximum atomic E-state index is 13.5. The van der Waals surface area contributed by atoms with Crippen molar-refractivity contribution in [2.45, 2.75) is 36.9 Å². The summed E-state index contributed by atoms with van der Waals surface area (Å²) in [6, 6.07) is 11.7. The Labute approximate surface area is 194 Å². The highest BCUT2D eigenvalue weighted by molar-refractivity contribution is 7.93. The molecular formula is C23H20ClF3N2O3S. The van der Waals surface area contributed by atoms with Gasteiger partial charge in [0.1, 0.15) is 6.04 Å². The van der Waals surface area contributed by atoms with Gasteiger partial charge in [-0.15, -0.1) is 0 Å². The summed E-state index contributed by atoms with van der Waals surface area (Å²) in [6.07, 6.45) is -1.30. The number of Topliss-reactive ketones (excluding diaryl/α,β-unsaturated/α-hetero) is 1. The Kier molecular flexibility index (Phi) is 7.44. The number of nitrogens with zero attached hydrogens (tertiary/aromatic N) is 2. The average Bonchev–Trinajstić information content (AvgIpc) is 2.79. The van der Waals surface area contributed by atoms with E-state index in [0.29, 0.717) is 16.8 Å². The van der Waals surface area contributed by atoms with Crippen LogP contribution in [0.2, 0.25) is 5.02 Å². The number of hydrogen-bond acceptors (Lipinski definition) is 4. The highest BCUT2D eigenvalue weighted by Crippen LogP contribution is 2.38. The van der Waals surface area contributed by atoms with Gasteiger partial charge in [0.05, 0.1) is 21.2 Å². The van der Waals surface area contributed by atoms with E-state index in [1.807, 2.05) is 0 Å². The number of sulfonamides is 1. The Morgan fingerprint density at radius 1 is 1.06 bits per heavy atom. The van der Waals surface area contributed by atoms with E-state index in [-0.39, 0.29) is 16.3 Å². The van der Waals surface area contributed by atoms with Crippen LogP contribution >= 0.6 is 11.6 Å². The SMILES string of the molecule is CC(C(=O)CCc1ccncc1)N(c1cc(C(F)(F)F)ccc1Cl)S(=O)(=O)c1ccccc1. The van der Waals surface area contributed by atoms with Crippen LogP contribution in [0.3, 0.4) is 0 Å². The third-order valence-corrected chi connectivity index (χ3v) is 7.26. The quantitative estimate of drug-likeness (QED) is 0.410. The number of rotatable bonds is 8. The summed E-state index contributed by atoms with van der Waals surface area (Å²) in [4.78, 5) is 16.7. The molecule has 0 saturated heterocycles. The van der Waals surface area contributed by atoms with Gasteiger partial charge in [0.2, 0.25) is 0 Å². The standard InChI is InChI=1S/C23H20ClF3N2O3S/c1-16(22(30)10-7-17-11-13-28-14-12-17)29(33(31,32)19-5-3-2-4-6-19)21-15-18(23(25,26)27)8-9-20(21)24/h2-6,8-9,11-16H,7,10H2,1H3. The minimum absolute atomic E-state index is 0.0252. The third kappa shape index (κ3) is 5.72. The van der Waals surface area contributed by atoms with E-state index < -0.39 is 39.3 Å². The summed E-state index contributed by atoms with van der Waals surface area (Å²) in [5.41, 5.74) is -0.674. The maximum Gasteiger partial charge on any atom is 0.416 e. The van der Waals surface area contributed by atoms with E-state index in [4.69, 9.17) is 11.6 Å². The monoisotopic (exact) mass is 496 g/mol. The Morgan fingerprint density at radius 2 is 1.70 bits per heavy atom. The first-order valence-corrected chi connectivity index (χ1v) is 11.7. The van der Waals surface area contributed by atoms with Crippen LogP contribution in [0.1, 0.15) is 24.5 Å². The number of hydrogen-bond donors (Lipinski definition) is 0. The van der Waals surface area contributed by atoms with Crippen LogP contribution in [0.5, 0.6) is 0 Å². The molecule has 3 aromatic rings. The molecule has 1 heterocycles. The first-order chi connectivity index (χ1) is 15.5. The smallest absolute Gasteiger partial charge is 0.297 e. The van der Waals surface area contributed by atoms with E-state index in [1.54, 1.807) is 30.6 Å². The van der Waals surface area contributed by atoms with E-state index in [0.717, 1.165) is 17.7 Å². The maximum absolute atomic E-state index is 13.5. The molecule has 0 amide bonds. The van der Waals surface area contributed by atoms with Gasteiger partial charge in [-0.25, -0.2) is 8.42 Å². The van der Waals surface area contributed by atoms with Gasteiger partial charge in [0, 0.05) is 18.8 Å². The number of halogens is 4. The molecule has 0 spiro atoms. The molecular weight excluding hydrogens is 477 g/mol. The first kappa shape index (κ1) is 24.7. The summed E-state index contributed by atoms with van der Waals surface area (Å²) in [7, 11) is -4.42. The van der Waals surface area contributed by atoms with E-state index >= 15 is 0 Å². The lowest BCUT2D eigenvalue weighted by Crippen LogP contribution is -2.44. The zero-order chi connectivity index (χ0) is 24.2. The second-order valence-corrected chi connectivity index (χ2v) is 9.50.